The van der Waals surface area contributed by atoms with Crippen LogP contribution < -0.4 is 5.32 Å². The molecule has 0 aromatic heterocycles. The first kappa shape index (κ1) is 13.4. The molecule has 2 aliphatic rings. The molecule has 1 atom stereocenters. The van der Waals surface area contributed by atoms with Crippen LogP contribution in [0.15, 0.2) is 29.2 Å². The molecule has 1 aromatic rings. The lowest BCUT2D eigenvalue weighted by molar-refractivity contribution is 0.616. The van der Waals surface area contributed by atoms with Crippen LogP contribution >= 0.6 is 11.8 Å². The van der Waals surface area contributed by atoms with Crippen molar-refractivity contribution in [3.63, 3.8) is 0 Å². The van der Waals surface area contributed by atoms with Crippen molar-refractivity contribution in [2.45, 2.75) is 68.1 Å². The van der Waals surface area contributed by atoms with Gasteiger partial charge in [-0.1, -0.05) is 19.8 Å². The van der Waals surface area contributed by atoms with E-state index in [1.165, 1.54) is 55.5 Å². The van der Waals surface area contributed by atoms with Crippen LogP contribution in [0.4, 0.5) is 5.69 Å². The van der Waals surface area contributed by atoms with E-state index >= 15 is 0 Å². The zero-order chi connectivity index (χ0) is 13.1. The molecule has 3 rings (SSSR count). The molecule has 2 saturated carbocycles. The normalized spacial score (nSPS) is 21.5. The average molecular weight is 275 g/mol. The third-order valence-electron chi connectivity index (χ3n) is 4.44. The lowest BCUT2D eigenvalue weighted by atomic mass is 10.1. The summed E-state index contributed by atoms with van der Waals surface area (Å²) in [6, 6.07) is 9.81. The molecule has 1 unspecified atom stereocenters. The minimum Gasteiger partial charge on any atom is -0.382 e. The number of thioether (sulfide) groups is 1. The molecule has 0 amide bonds. The number of rotatable bonds is 6. The Labute approximate surface area is 121 Å². The lowest BCUT2D eigenvalue weighted by Gasteiger charge is -2.18. The van der Waals surface area contributed by atoms with Gasteiger partial charge in [-0.05, 0) is 62.3 Å². The Hall–Kier alpha value is -0.630. The molecule has 2 fully saturated rings. The van der Waals surface area contributed by atoms with Gasteiger partial charge in [-0.3, -0.25) is 0 Å². The Bertz CT molecular complexity index is 390. The standard InChI is InChI=1S/C17H25NS/c1-2-17(13-7-8-13)18-14-9-11-16(12-10-14)19-15-5-3-4-6-15/h9-13,15,17-18H,2-8H2,1H3. The molecule has 0 saturated heterocycles. The maximum absolute atomic E-state index is 3.70. The zero-order valence-corrected chi connectivity index (χ0v) is 12.7. The molecule has 19 heavy (non-hydrogen) atoms. The number of hydrogen-bond donors (Lipinski definition) is 1. The van der Waals surface area contributed by atoms with Crippen molar-refractivity contribution >= 4 is 17.4 Å². The second-order valence-electron chi connectivity index (χ2n) is 6.05. The summed E-state index contributed by atoms with van der Waals surface area (Å²) in [5.74, 6) is 0.928. The number of nitrogens with one attached hydrogen (secondary N) is 1. The van der Waals surface area contributed by atoms with Gasteiger partial charge in [-0.15, -0.1) is 11.8 Å². The van der Waals surface area contributed by atoms with Gasteiger partial charge in [0.15, 0.2) is 0 Å². The summed E-state index contributed by atoms with van der Waals surface area (Å²) in [7, 11) is 0. The van der Waals surface area contributed by atoms with Gasteiger partial charge in [0.25, 0.3) is 0 Å². The first-order chi connectivity index (χ1) is 9.35. The minimum atomic E-state index is 0.688. The van der Waals surface area contributed by atoms with Gasteiger partial charge < -0.3 is 5.32 Å². The lowest BCUT2D eigenvalue weighted by Crippen LogP contribution is -2.20. The van der Waals surface area contributed by atoms with E-state index in [1.807, 2.05) is 0 Å². The Morgan fingerprint density at radius 3 is 2.37 bits per heavy atom. The van der Waals surface area contributed by atoms with Crippen molar-refractivity contribution in [3.8, 4) is 0 Å². The van der Waals surface area contributed by atoms with Crippen LogP contribution in [-0.2, 0) is 0 Å². The van der Waals surface area contributed by atoms with Crippen molar-refractivity contribution in [3.05, 3.63) is 24.3 Å². The molecule has 0 spiro atoms. The topological polar surface area (TPSA) is 12.0 Å². The molecular weight excluding hydrogens is 250 g/mol. The Morgan fingerprint density at radius 1 is 1.11 bits per heavy atom. The molecule has 1 aromatic carbocycles. The number of benzene rings is 1. The van der Waals surface area contributed by atoms with Crippen LogP contribution in [0.25, 0.3) is 0 Å². The fourth-order valence-electron chi connectivity index (χ4n) is 3.09. The molecule has 104 valence electrons. The largest absolute Gasteiger partial charge is 0.382 e. The summed E-state index contributed by atoms with van der Waals surface area (Å²) in [6.45, 7) is 2.29. The third-order valence-corrected chi connectivity index (χ3v) is 5.79. The molecular formula is C17H25NS. The van der Waals surface area contributed by atoms with Crippen molar-refractivity contribution in [1.29, 1.82) is 0 Å². The van der Waals surface area contributed by atoms with Crippen molar-refractivity contribution < 1.29 is 0 Å². The average Bonchev–Trinajstić information content (AvgIpc) is 3.16. The summed E-state index contributed by atoms with van der Waals surface area (Å²) in [4.78, 5) is 1.44. The maximum atomic E-state index is 3.70. The maximum Gasteiger partial charge on any atom is 0.0343 e. The van der Waals surface area contributed by atoms with Crippen molar-refractivity contribution in [2.24, 2.45) is 5.92 Å². The molecule has 2 heteroatoms. The highest BCUT2D eigenvalue weighted by Gasteiger charge is 2.29. The molecule has 0 radical (unpaired) electrons. The monoisotopic (exact) mass is 275 g/mol. The van der Waals surface area contributed by atoms with Gasteiger partial charge in [0.05, 0.1) is 0 Å². The van der Waals surface area contributed by atoms with Crippen LogP contribution in [0, 0.1) is 5.92 Å². The molecule has 1 N–H and O–H groups in total. The second-order valence-corrected chi connectivity index (χ2v) is 7.42. The van der Waals surface area contributed by atoms with Crippen LogP contribution in [0.2, 0.25) is 0 Å². The van der Waals surface area contributed by atoms with Crippen LogP contribution in [0.3, 0.4) is 0 Å². The Kier molecular flexibility index (Phi) is 4.37. The first-order valence-corrected chi connectivity index (χ1v) is 8.76. The minimum absolute atomic E-state index is 0.688. The van der Waals surface area contributed by atoms with E-state index in [0.29, 0.717) is 6.04 Å². The van der Waals surface area contributed by atoms with Crippen molar-refractivity contribution in [1.82, 2.24) is 0 Å². The van der Waals surface area contributed by atoms with Gasteiger partial charge in [-0.2, -0.15) is 0 Å². The van der Waals surface area contributed by atoms with E-state index in [4.69, 9.17) is 0 Å². The summed E-state index contributed by atoms with van der Waals surface area (Å²) < 4.78 is 0. The van der Waals surface area contributed by atoms with Gasteiger partial charge in [0.2, 0.25) is 0 Å². The van der Waals surface area contributed by atoms with Crippen LogP contribution in [0.1, 0.15) is 51.9 Å². The fourth-order valence-corrected chi connectivity index (χ4v) is 4.34. The predicted molar refractivity (Wildman–Crippen MR) is 85.0 cm³/mol. The highest BCUT2D eigenvalue weighted by molar-refractivity contribution is 8.00. The van der Waals surface area contributed by atoms with E-state index in [2.05, 4.69) is 48.3 Å². The first-order valence-electron chi connectivity index (χ1n) is 7.88. The Morgan fingerprint density at radius 2 is 1.79 bits per heavy atom. The zero-order valence-electron chi connectivity index (χ0n) is 11.9. The van der Waals surface area contributed by atoms with Gasteiger partial charge in [0, 0.05) is 21.9 Å². The summed E-state index contributed by atoms with van der Waals surface area (Å²) in [5.41, 5.74) is 1.30. The molecule has 0 aliphatic heterocycles. The molecule has 2 aliphatic carbocycles. The van der Waals surface area contributed by atoms with Gasteiger partial charge in [-0.25, -0.2) is 0 Å². The highest BCUT2D eigenvalue weighted by atomic mass is 32.2. The third kappa shape index (κ3) is 3.68. The van der Waals surface area contributed by atoms with Gasteiger partial charge >= 0.3 is 0 Å². The number of anilines is 1. The van der Waals surface area contributed by atoms with E-state index in [9.17, 15) is 0 Å². The summed E-state index contributed by atoms with van der Waals surface area (Å²) in [5, 5.41) is 4.57. The smallest absolute Gasteiger partial charge is 0.0343 e. The Balaban J connectivity index is 1.55. The predicted octanol–water partition coefficient (Wildman–Crippen LogP) is 5.32. The van der Waals surface area contributed by atoms with E-state index in [0.717, 1.165) is 11.2 Å². The van der Waals surface area contributed by atoms with Gasteiger partial charge in [0.1, 0.15) is 0 Å². The molecule has 1 nitrogen and oxygen atoms in total. The highest BCUT2D eigenvalue weighted by Crippen LogP contribution is 2.37. The fraction of sp³-hybridized carbons (Fsp3) is 0.647. The number of hydrogen-bond acceptors (Lipinski definition) is 2. The van der Waals surface area contributed by atoms with Crippen molar-refractivity contribution in [2.75, 3.05) is 5.32 Å². The summed E-state index contributed by atoms with van der Waals surface area (Å²) >= 11 is 2.08. The summed E-state index contributed by atoms with van der Waals surface area (Å²) in [6.07, 6.45) is 9.74. The van der Waals surface area contributed by atoms with E-state index in [-0.39, 0.29) is 0 Å². The second kappa shape index (κ2) is 6.21. The van der Waals surface area contributed by atoms with Crippen LogP contribution in [-0.4, -0.2) is 11.3 Å². The van der Waals surface area contributed by atoms with E-state index < -0.39 is 0 Å². The molecule has 0 heterocycles. The quantitative estimate of drug-likeness (QED) is 0.754. The van der Waals surface area contributed by atoms with Crippen LogP contribution in [0.5, 0.6) is 0 Å². The van der Waals surface area contributed by atoms with E-state index in [1.54, 1.807) is 0 Å². The molecule has 0 bridgehead atoms. The SMILES string of the molecule is CCC(Nc1ccc(SC2CCCC2)cc1)C1CC1.